The lowest BCUT2D eigenvalue weighted by Gasteiger charge is -2.27. The molecule has 3 aromatic carbocycles. The Bertz CT molecular complexity index is 1120. The molecule has 2 aliphatic rings. The predicted octanol–water partition coefficient (Wildman–Crippen LogP) is 3.81. The first-order valence-corrected chi connectivity index (χ1v) is 9.91. The fourth-order valence-electron chi connectivity index (χ4n) is 4.40. The van der Waals surface area contributed by atoms with Gasteiger partial charge in [0.1, 0.15) is 0 Å². The van der Waals surface area contributed by atoms with Crippen molar-refractivity contribution in [1.82, 2.24) is 4.90 Å². The summed E-state index contributed by atoms with van der Waals surface area (Å²) in [5, 5.41) is 1.62. The smallest absolute Gasteiger partial charge is 0.261 e. The highest BCUT2D eigenvalue weighted by atomic mass is 16.2. The van der Waals surface area contributed by atoms with Crippen LogP contribution in [0.4, 0.5) is 5.69 Å². The van der Waals surface area contributed by atoms with E-state index in [1.807, 2.05) is 53.4 Å². The van der Waals surface area contributed by atoms with Gasteiger partial charge in [0, 0.05) is 41.7 Å². The Morgan fingerprint density at radius 2 is 1.55 bits per heavy atom. The quantitative estimate of drug-likeness (QED) is 0.643. The zero-order valence-electron chi connectivity index (χ0n) is 15.9. The molecule has 3 aromatic rings. The largest absolute Gasteiger partial charge is 0.312 e. The molecule has 0 atom stereocenters. The number of imide groups is 1. The van der Waals surface area contributed by atoms with Gasteiger partial charge in [-0.3, -0.25) is 19.3 Å². The Kier molecular flexibility index (Phi) is 4.16. The van der Waals surface area contributed by atoms with E-state index in [0.29, 0.717) is 30.5 Å². The molecule has 144 valence electrons. The van der Waals surface area contributed by atoms with Gasteiger partial charge in [0.25, 0.3) is 11.8 Å². The first kappa shape index (κ1) is 17.6. The van der Waals surface area contributed by atoms with E-state index >= 15 is 0 Å². The molecule has 0 fully saturated rings. The lowest BCUT2D eigenvalue weighted by Crippen LogP contribution is -2.41. The van der Waals surface area contributed by atoms with Crippen LogP contribution in [0.25, 0.3) is 10.8 Å². The van der Waals surface area contributed by atoms with Crippen molar-refractivity contribution in [3.05, 3.63) is 77.4 Å². The Morgan fingerprint density at radius 1 is 0.862 bits per heavy atom. The SMILES string of the molecule is O=C1c2cccc3cccc(c23)C(=O)N1CCCC(=O)N1CCc2ccccc21. The van der Waals surface area contributed by atoms with Gasteiger partial charge in [-0.25, -0.2) is 0 Å². The standard InChI is InChI=1S/C24H20N2O3/c27-21(25-15-13-16-6-1-2-11-20(16)25)12-5-14-26-23(28)18-9-3-7-17-8-4-10-19(22(17)18)24(26)29/h1-4,6-11H,5,12-15H2. The van der Waals surface area contributed by atoms with Crippen LogP contribution in [0, 0.1) is 0 Å². The molecule has 29 heavy (non-hydrogen) atoms. The Balaban J connectivity index is 1.30. The number of hydrogen-bond donors (Lipinski definition) is 0. The van der Waals surface area contributed by atoms with E-state index in [1.165, 1.54) is 10.5 Å². The van der Waals surface area contributed by atoms with Crippen molar-refractivity contribution in [3.63, 3.8) is 0 Å². The summed E-state index contributed by atoms with van der Waals surface area (Å²) in [6, 6.07) is 19.0. The van der Waals surface area contributed by atoms with Crippen LogP contribution in [0.5, 0.6) is 0 Å². The molecule has 0 radical (unpaired) electrons. The molecule has 5 heteroatoms. The number of nitrogens with zero attached hydrogens (tertiary/aromatic N) is 2. The van der Waals surface area contributed by atoms with Crippen LogP contribution >= 0.6 is 0 Å². The average Bonchev–Trinajstić information content (AvgIpc) is 3.18. The second-order valence-corrected chi connectivity index (χ2v) is 7.50. The summed E-state index contributed by atoms with van der Waals surface area (Å²) in [6.07, 6.45) is 1.62. The number of anilines is 1. The maximum absolute atomic E-state index is 12.9. The van der Waals surface area contributed by atoms with Gasteiger partial charge in [0.15, 0.2) is 0 Å². The molecule has 0 unspecified atom stereocenters. The van der Waals surface area contributed by atoms with Gasteiger partial charge < -0.3 is 4.90 Å². The Hall–Kier alpha value is -3.47. The van der Waals surface area contributed by atoms with Crippen LogP contribution in [-0.4, -0.2) is 35.7 Å². The van der Waals surface area contributed by atoms with E-state index in [4.69, 9.17) is 0 Å². The number of rotatable bonds is 4. The van der Waals surface area contributed by atoms with E-state index in [0.717, 1.165) is 22.9 Å². The van der Waals surface area contributed by atoms with Crippen LogP contribution in [0.15, 0.2) is 60.7 Å². The summed E-state index contributed by atoms with van der Waals surface area (Å²) in [5.74, 6) is -0.522. The molecule has 2 aliphatic heterocycles. The highest BCUT2D eigenvalue weighted by Gasteiger charge is 2.32. The van der Waals surface area contributed by atoms with Gasteiger partial charge in [0.2, 0.25) is 5.91 Å². The summed E-state index contributed by atoms with van der Waals surface area (Å²) < 4.78 is 0. The lowest BCUT2D eigenvalue weighted by atomic mass is 9.94. The van der Waals surface area contributed by atoms with Gasteiger partial charge in [0.05, 0.1) is 0 Å². The minimum atomic E-state index is -0.279. The van der Waals surface area contributed by atoms with E-state index in [9.17, 15) is 14.4 Å². The molecular formula is C24H20N2O3. The molecule has 0 saturated carbocycles. The predicted molar refractivity (Wildman–Crippen MR) is 111 cm³/mol. The van der Waals surface area contributed by atoms with Gasteiger partial charge >= 0.3 is 0 Å². The van der Waals surface area contributed by atoms with Crippen LogP contribution < -0.4 is 4.90 Å². The fraction of sp³-hybridized carbons (Fsp3) is 0.208. The van der Waals surface area contributed by atoms with E-state index in [1.54, 1.807) is 12.1 Å². The summed E-state index contributed by atoms with van der Waals surface area (Å²) in [4.78, 5) is 41.6. The molecule has 0 aromatic heterocycles. The van der Waals surface area contributed by atoms with Crippen molar-refractivity contribution in [3.8, 4) is 0 Å². The number of benzene rings is 3. The molecule has 0 bridgehead atoms. The number of hydrogen-bond acceptors (Lipinski definition) is 3. The molecule has 3 amide bonds. The van der Waals surface area contributed by atoms with Crippen LogP contribution in [0.1, 0.15) is 39.1 Å². The Morgan fingerprint density at radius 3 is 2.28 bits per heavy atom. The molecule has 5 rings (SSSR count). The van der Waals surface area contributed by atoms with Crippen LogP contribution in [0.2, 0.25) is 0 Å². The van der Waals surface area contributed by atoms with Crippen molar-refractivity contribution < 1.29 is 14.4 Å². The van der Waals surface area contributed by atoms with E-state index in [-0.39, 0.29) is 24.3 Å². The highest BCUT2D eigenvalue weighted by Crippen LogP contribution is 2.31. The molecule has 0 saturated heterocycles. The summed E-state index contributed by atoms with van der Waals surface area (Å²) in [7, 11) is 0. The van der Waals surface area contributed by atoms with Crippen molar-refractivity contribution >= 4 is 34.2 Å². The molecule has 0 spiro atoms. The zero-order chi connectivity index (χ0) is 20.0. The topological polar surface area (TPSA) is 57.7 Å². The van der Waals surface area contributed by atoms with Crippen LogP contribution in [-0.2, 0) is 11.2 Å². The monoisotopic (exact) mass is 384 g/mol. The first-order valence-electron chi connectivity index (χ1n) is 9.91. The maximum Gasteiger partial charge on any atom is 0.261 e. The minimum absolute atomic E-state index is 0.0364. The molecular weight excluding hydrogens is 364 g/mol. The third-order valence-corrected chi connectivity index (χ3v) is 5.82. The maximum atomic E-state index is 12.9. The lowest BCUT2D eigenvalue weighted by molar-refractivity contribution is -0.118. The van der Waals surface area contributed by atoms with Crippen LogP contribution in [0.3, 0.4) is 0 Å². The fourth-order valence-corrected chi connectivity index (χ4v) is 4.40. The van der Waals surface area contributed by atoms with Crippen molar-refractivity contribution in [1.29, 1.82) is 0 Å². The average molecular weight is 384 g/mol. The summed E-state index contributed by atoms with van der Waals surface area (Å²) in [5.41, 5.74) is 3.27. The first-order chi connectivity index (χ1) is 14.1. The normalized spacial score (nSPS) is 15.2. The Labute approximate surface area is 168 Å². The third-order valence-electron chi connectivity index (χ3n) is 5.82. The van der Waals surface area contributed by atoms with Crippen molar-refractivity contribution in [2.75, 3.05) is 18.0 Å². The van der Waals surface area contributed by atoms with Crippen molar-refractivity contribution in [2.45, 2.75) is 19.3 Å². The number of carbonyl (C=O) groups is 3. The van der Waals surface area contributed by atoms with E-state index < -0.39 is 0 Å². The third kappa shape index (κ3) is 2.81. The number of fused-ring (bicyclic) bond motifs is 1. The number of amides is 3. The number of para-hydroxylation sites is 1. The molecule has 5 nitrogen and oxygen atoms in total. The number of carbonyl (C=O) groups excluding carboxylic acids is 3. The molecule has 2 heterocycles. The van der Waals surface area contributed by atoms with Crippen molar-refractivity contribution in [2.24, 2.45) is 0 Å². The second-order valence-electron chi connectivity index (χ2n) is 7.50. The van der Waals surface area contributed by atoms with Gasteiger partial charge in [-0.15, -0.1) is 0 Å². The minimum Gasteiger partial charge on any atom is -0.312 e. The summed E-state index contributed by atoms with van der Waals surface area (Å²) in [6.45, 7) is 0.929. The highest BCUT2D eigenvalue weighted by molar-refractivity contribution is 6.25. The second kappa shape index (κ2) is 6.85. The molecule has 0 N–H and O–H groups in total. The van der Waals surface area contributed by atoms with E-state index in [2.05, 4.69) is 0 Å². The summed E-state index contributed by atoms with van der Waals surface area (Å²) >= 11 is 0. The van der Waals surface area contributed by atoms with Gasteiger partial charge in [-0.1, -0.05) is 42.5 Å². The molecule has 0 aliphatic carbocycles. The van der Waals surface area contributed by atoms with Gasteiger partial charge in [-0.2, -0.15) is 0 Å². The zero-order valence-corrected chi connectivity index (χ0v) is 15.9. The van der Waals surface area contributed by atoms with Gasteiger partial charge in [-0.05, 0) is 42.0 Å².